The van der Waals surface area contributed by atoms with Crippen LogP contribution in [-0.4, -0.2) is 57.6 Å². The Labute approximate surface area is 173 Å². The van der Waals surface area contributed by atoms with Crippen molar-refractivity contribution in [2.45, 2.75) is 0 Å². The second kappa shape index (κ2) is 9.79. The minimum atomic E-state index is -0.810. The molecule has 0 aromatic heterocycles. The number of ether oxygens (including phenoxy) is 3. The van der Waals surface area contributed by atoms with Gasteiger partial charge in [0.05, 0.1) is 36.1 Å². The summed E-state index contributed by atoms with van der Waals surface area (Å²) in [5.41, 5.74) is 0.343. The maximum atomic E-state index is 12.6. The summed E-state index contributed by atoms with van der Waals surface area (Å²) in [7, 11) is 5.92. The van der Waals surface area contributed by atoms with Crippen molar-refractivity contribution in [1.82, 2.24) is 4.90 Å². The van der Waals surface area contributed by atoms with Crippen LogP contribution in [0.15, 0.2) is 36.4 Å². The van der Waals surface area contributed by atoms with Gasteiger partial charge >= 0.3 is 5.97 Å². The zero-order chi connectivity index (χ0) is 21.6. The molecule has 154 valence electrons. The lowest BCUT2D eigenvalue weighted by Gasteiger charge is -2.16. The average Bonchev–Trinajstić information content (AvgIpc) is 2.71. The fraction of sp³-hybridized carbons (Fsp3) is 0.250. The van der Waals surface area contributed by atoms with Crippen LogP contribution >= 0.6 is 11.6 Å². The molecule has 0 saturated heterocycles. The van der Waals surface area contributed by atoms with Gasteiger partial charge in [-0.05, 0) is 12.1 Å². The molecule has 0 aliphatic carbocycles. The van der Waals surface area contributed by atoms with Gasteiger partial charge in [0.2, 0.25) is 0 Å². The molecule has 9 heteroatoms. The number of likely N-dealkylation sites (N-methyl/N-ethyl adjacent to an activating group) is 1. The van der Waals surface area contributed by atoms with Crippen LogP contribution in [0.3, 0.4) is 0 Å². The minimum absolute atomic E-state index is 0.00499. The number of methoxy groups -OCH3 is 2. The molecule has 0 spiro atoms. The van der Waals surface area contributed by atoms with E-state index in [4.69, 9.17) is 25.8 Å². The predicted octanol–water partition coefficient (Wildman–Crippen LogP) is 2.85. The van der Waals surface area contributed by atoms with Crippen molar-refractivity contribution in [2.24, 2.45) is 0 Å². The van der Waals surface area contributed by atoms with Gasteiger partial charge < -0.3 is 24.4 Å². The van der Waals surface area contributed by atoms with Crippen molar-refractivity contribution in [3.8, 4) is 11.5 Å². The number of rotatable bonds is 7. The molecule has 2 aromatic rings. The van der Waals surface area contributed by atoms with Crippen molar-refractivity contribution >= 4 is 35.1 Å². The van der Waals surface area contributed by atoms with Crippen LogP contribution in [0, 0.1) is 0 Å². The fourth-order valence-corrected chi connectivity index (χ4v) is 2.54. The summed E-state index contributed by atoms with van der Waals surface area (Å²) in [5.74, 6) is -1.17. The highest BCUT2D eigenvalue weighted by molar-refractivity contribution is 6.34. The quantitative estimate of drug-likeness (QED) is 0.692. The number of nitrogens with zero attached hydrogens (tertiary/aromatic N) is 1. The Balaban J connectivity index is 2.38. The Morgan fingerprint density at radius 3 is 2.21 bits per heavy atom. The molecule has 2 amide bonds. The third kappa shape index (κ3) is 5.39. The molecule has 2 aromatic carbocycles. The second-order valence-corrected chi connectivity index (χ2v) is 6.46. The zero-order valence-corrected chi connectivity index (χ0v) is 17.2. The molecule has 29 heavy (non-hydrogen) atoms. The summed E-state index contributed by atoms with van der Waals surface area (Å²) in [6.07, 6.45) is 0. The largest absolute Gasteiger partial charge is 0.493 e. The Hall–Kier alpha value is -3.26. The Bertz CT molecular complexity index is 929. The van der Waals surface area contributed by atoms with E-state index < -0.39 is 18.5 Å². The number of halogens is 1. The van der Waals surface area contributed by atoms with Gasteiger partial charge in [-0.1, -0.05) is 23.7 Å². The fourth-order valence-electron chi connectivity index (χ4n) is 2.32. The molecule has 0 unspecified atom stereocenters. The van der Waals surface area contributed by atoms with Crippen molar-refractivity contribution in [2.75, 3.05) is 40.2 Å². The van der Waals surface area contributed by atoms with E-state index in [0.717, 1.165) is 0 Å². The molecule has 0 saturated carbocycles. The number of anilines is 1. The first kappa shape index (κ1) is 22.0. The normalized spacial score (nSPS) is 10.1. The monoisotopic (exact) mass is 420 g/mol. The number of carbonyl (C=O) groups is 3. The third-order valence-electron chi connectivity index (χ3n) is 3.94. The van der Waals surface area contributed by atoms with Crippen LogP contribution in [0.5, 0.6) is 11.5 Å². The lowest BCUT2D eigenvalue weighted by atomic mass is 10.1. The summed E-state index contributed by atoms with van der Waals surface area (Å²) >= 11 is 6.07. The van der Waals surface area contributed by atoms with Crippen molar-refractivity contribution < 1.29 is 28.6 Å². The van der Waals surface area contributed by atoms with E-state index in [-0.39, 0.29) is 33.5 Å². The smallest absolute Gasteiger partial charge is 0.340 e. The molecule has 0 heterocycles. The van der Waals surface area contributed by atoms with Gasteiger partial charge in [-0.15, -0.1) is 0 Å². The van der Waals surface area contributed by atoms with Gasteiger partial charge in [0.15, 0.2) is 18.1 Å². The summed E-state index contributed by atoms with van der Waals surface area (Å²) in [6.45, 7) is -0.446. The summed E-state index contributed by atoms with van der Waals surface area (Å²) in [5, 5.41) is 2.89. The maximum Gasteiger partial charge on any atom is 0.340 e. The molecular formula is C20H21ClN2O6. The van der Waals surface area contributed by atoms with Crippen molar-refractivity contribution in [3.05, 3.63) is 52.5 Å². The predicted molar refractivity (Wildman–Crippen MR) is 108 cm³/mol. The molecular weight excluding hydrogens is 400 g/mol. The molecule has 0 atom stereocenters. The Kier molecular flexibility index (Phi) is 7.44. The maximum absolute atomic E-state index is 12.6. The first-order chi connectivity index (χ1) is 13.8. The van der Waals surface area contributed by atoms with E-state index in [1.807, 2.05) is 0 Å². The van der Waals surface area contributed by atoms with Crippen LogP contribution < -0.4 is 14.8 Å². The number of carbonyl (C=O) groups excluding carboxylic acids is 3. The molecule has 0 fully saturated rings. The molecule has 0 radical (unpaired) electrons. The molecule has 1 N–H and O–H groups in total. The van der Waals surface area contributed by atoms with Gasteiger partial charge in [0.25, 0.3) is 11.8 Å². The summed E-state index contributed by atoms with van der Waals surface area (Å²) in [4.78, 5) is 38.2. The number of amides is 2. The van der Waals surface area contributed by atoms with Gasteiger partial charge in [-0.25, -0.2) is 4.79 Å². The van der Waals surface area contributed by atoms with Crippen LogP contribution in [-0.2, 0) is 9.53 Å². The Morgan fingerprint density at radius 1 is 1.00 bits per heavy atom. The molecule has 0 aliphatic heterocycles. The summed E-state index contributed by atoms with van der Waals surface area (Å²) in [6, 6.07) is 9.28. The number of nitrogens with one attached hydrogen (secondary N) is 1. The van der Waals surface area contributed by atoms with Gasteiger partial charge in [0.1, 0.15) is 0 Å². The molecule has 2 rings (SSSR count). The van der Waals surface area contributed by atoms with Crippen molar-refractivity contribution in [1.29, 1.82) is 0 Å². The first-order valence-corrected chi connectivity index (χ1v) is 8.85. The van der Waals surface area contributed by atoms with Crippen LogP contribution in [0.2, 0.25) is 5.02 Å². The third-order valence-corrected chi connectivity index (χ3v) is 4.27. The van der Waals surface area contributed by atoms with Gasteiger partial charge in [0, 0.05) is 26.2 Å². The average molecular weight is 421 g/mol. The van der Waals surface area contributed by atoms with Gasteiger partial charge in [-0.2, -0.15) is 0 Å². The number of hydrogen-bond acceptors (Lipinski definition) is 6. The topological polar surface area (TPSA) is 94.2 Å². The highest BCUT2D eigenvalue weighted by Crippen LogP contribution is 2.34. The van der Waals surface area contributed by atoms with E-state index in [2.05, 4.69) is 5.32 Å². The lowest BCUT2D eigenvalue weighted by Crippen LogP contribution is -2.28. The van der Waals surface area contributed by atoms with E-state index >= 15 is 0 Å². The van der Waals surface area contributed by atoms with Crippen molar-refractivity contribution in [3.63, 3.8) is 0 Å². The highest BCUT2D eigenvalue weighted by atomic mass is 35.5. The number of hydrogen-bond donors (Lipinski definition) is 1. The number of benzene rings is 2. The Morgan fingerprint density at radius 2 is 1.62 bits per heavy atom. The van der Waals surface area contributed by atoms with E-state index in [9.17, 15) is 14.4 Å². The van der Waals surface area contributed by atoms with E-state index in [1.54, 1.807) is 38.4 Å². The summed E-state index contributed by atoms with van der Waals surface area (Å²) < 4.78 is 15.5. The van der Waals surface area contributed by atoms with Crippen LogP contribution in [0.25, 0.3) is 0 Å². The zero-order valence-electron chi connectivity index (χ0n) is 16.4. The minimum Gasteiger partial charge on any atom is -0.493 e. The van der Waals surface area contributed by atoms with Crippen LogP contribution in [0.1, 0.15) is 20.7 Å². The van der Waals surface area contributed by atoms with Gasteiger partial charge in [-0.3, -0.25) is 9.59 Å². The van der Waals surface area contributed by atoms with E-state index in [1.165, 1.54) is 31.3 Å². The first-order valence-electron chi connectivity index (χ1n) is 8.47. The highest BCUT2D eigenvalue weighted by Gasteiger charge is 2.22. The second-order valence-electron chi connectivity index (χ2n) is 6.05. The molecule has 0 bridgehead atoms. The van der Waals surface area contributed by atoms with Crippen LogP contribution in [0.4, 0.5) is 5.69 Å². The SMILES string of the molecule is COc1cc(NC(=O)c2ccccc2Cl)c(C(=O)OCC(=O)N(C)C)cc1OC. The standard InChI is InChI=1S/C20H21ClN2O6/c1-23(2)18(24)11-29-20(26)13-9-16(27-3)17(28-4)10-15(13)22-19(25)12-7-5-6-8-14(12)21/h5-10H,11H2,1-4H3,(H,22,25). The molecule has 0 aliphatic rings. The number of esters is 1. The van der Waals surface area contributed by atoms with E-state index in [0.29, 0.717) is 5.75 Å². The molecule has 8 nitrogen and oxygen atoms in total. The lowest BCUT2D eigenvalue weighted by molar-refractivity contribution is -0.131.